The minimum absolute atomic E-state index is 0.277. The van der Waals surface area contributed by atoms with Gasteiger partial charge in [-0.2, -0.15) is 0 Å². The first-order valence-electron chi connectivity index (χ1n) is 8.33. The molecule has 1 aliphatic rings. The zero-order chi connectivity index (χ0) is 17.5. The van der Waals surface area contributed by atoms with Gasteiger partial charge in [0.25, 0.3) is 0 Å². The van der Waals surface area contributed by atoms with Crippen molar-refractivity contribution in [2.45, 2.75) is 6.54 Å². The van der Waals surface area contributed by atoms with Gasteiger partial charge in [-0.3, -0.25) is 4.90 Å². The molecule has 6 nitrogen and oxygen atoms in total. The zero-order valence-corrected chi connectivity index (χ0v) is 14.0. The number of rotatable bonds is 4. The van der Waals surface area contributed by atoms with Crippen LogP contribution in [0.25, 0.3) is 0 Å². The van der Waals surface area contributed by atoms with E-state index in [2.05, 4.69) is 27.3 Å². The fourth-order valence-electron chi connectivity index (χ4n) is 3.05. The molecule has 0 aromatic heterocycles. The molecule has 3 rings (SSSR count). The summed E-state index contributed by atoms with van der Waals surface area (Å²) in [6, 6.07) is 19.6. The Morgan fingerprint density at radius 1 is 0.800 bits per heavy atom. The van der Waals surface area contributed by atoms with Gasteiger partial charge in [0.05, 0.1) is 0 Å². The van der Waals surface area contributed by atoms with E-state index in [1.807, 2.05) is 53.4 Å². The first kappa shape index (κ1) is 17.0. The molecule has 1 saturated heterocycles. The van der Waals surface area contributed by atoms with Gasteiger partial charge in [0.2, 0.25) is 0 Å². The van der Waals surface area contributed by atoms with Gasteiger partial charge in [0, 0.05) is 38.3 Å². The van der Waals surface area contributed by atoms with E-state index in [1.165, 1.54) is 5.56 Å². The Kier molecular flexibility index (Phi) is 5.64. The van der Waals surface area contributed by atoms with Gasteiger partial charge in [-0.15, -0.1) is 0 Å². The summed E-state index contributed by atoms with van der Waals surface area (Å²) in [4.78, 5) is 4.31. The van der Waals surface area contributed by atoms with E-state index in [4.69, 9.17) is 0 Å². The molecule has 1 fully saturated rings. The molecule has 0 saturated carbocycles. The number of nitrogens with zero attached hydrogens (tertiary/aromatic N) is 4. The zero-order valence-electron chi connectivity index (χ0n) is 14.0. The van der Waals surface area contributed by atoms with Crippen molar-refractivity contribution in [1.29, 1.82) is 0 Å². The summed E-state index contributed by atoms with van der Waals surface area (Å²) in [5, 5.41) is 25.7. The van der Waals surface area contributed by atoms with E-state index in [9.17, 15) is 10.4 Å². The lowest BCUT2D eigenvalue weighted by atomic mass is 10.1. The molecule has 0 bridgehead atoms. The van der Waals surface area contributed by atoms with Crippen molar-refractivity contribution in [1.82, 2.24) is 9.80 Å². The van der Waals surface area contributed by atoms with Crippen LogP contribution in [0, 0.1) is 0 Å². The minimum Gasteiger partial charge on any atom is -0.410 e. The fourth-order valence-corrected chi connectivity index (χ4v) is 3.05. The quantitative estimate of drug-likeness (QED) is 0.389. The molecule has 0 radical (unpaired) electrons. The standard InChI is InChI=1S/C19H22N4O2/c24-20-18(17-9-5-2-6-10-17)19(21-25)23-13-11-22(12-14-23)15-16-7-3-1-4-8-16/h1-10,24-25H,11-15H2/b20-18+,21-19+. The van der Waals surface area contributed by atoms with Gasteiger partial charge in [-0.25, -0.2) is 0 Å². The molecule has 0 aliphatic carbocycles. The van der Waals surface area contributed by atoms with E-state index in [1.54, 1.807) is 0 Å². The van der Waals surface area contributed by atoms with Crippen LogP contribution < -0.4 is 0 Å². The fraction of sp³-hybridized carbons (Fsp3) is 0.263. The van der Waals surface area contributed by atoms with E-state index < -0.39 is 0 Å². The van der Waals surface area contributed by atoms with Gasteiger partial charge < -0.3 is 15.3 Å². The van der Waals surface area contributed by atoms with Crippen molar-refractivity contribution in [3.63, 3.8) is 0 Å². The monoisotopic (exact) mass is 338 g/mol. The van der Waals surface area contributed by atoms with E-state index in [-0.39, 0.29) is 5.71 Å². The maximum Gasteiger partial charge on any atom is 0.198 e. The maximum atomic E-state index is 9.48. The summed E-state index contributed by atoms with van der Waals surface area (Å²) in [7, 11) is 0. The molecular weight excluding hydrogens is 316 g/mol. The van der Waals surface area contributed by atoms with Crippen molar-refractivity contribution >= 4 is 11.5 Å². The van der Waals surface area contributed by atoms with Crippen LogP contribution in [0.3, 0.4) is 0 Å². The molecule has 6 heteroatoms. The van der Waals surface area contributed by atoms with Gasteiger partial charge in [-0.1, -0.05) is 71.0 Å². The molecule has 1 heterocycles. The van der Waals surface area contributed by atoms with Crippen LogP contribution in [0.2, 0.25) is 0 Å². The summed E-state index contributed by atoms with van der Waals surface area (Å²) in [6.45, 7) is 4.01. The van der Waals surface area contributed by atoms with Crippen LogP contribution in [-0.2, 0) is 6.54 Å². The molecule has 2 aromatic rings. The summed E-state index contributed by atoms with van der Waals surface area (Å²) < 4.78 is 0. The molecule has 2 N–H and O–H groups in total. The molecule has 2 aromatic carbocycles. The normalized spacial score (nSPS) is 16.9. The highest BCUT2D eigenvalue weighted by atomic mass is 16.4. The Morgan fingerprint density at radius 3 is 1.96 bits per heavy atom. The molecule has 0 atom stereocenters. The van der Waals surface area contributed by atoms with Gasteiger partial charge in [0.15, 0.2) is 11.5 Å². The van der Waals surface area contributed by atoms with Crippen LogP contribution in [0.5, 0.6) is 0 Å². The summed E-state index contributed by atoms with van der Waals surface area (Å²) in [6.07, 6.45) is 0. The maximum absolute atomic E-state index is 9.48. The van der Waals surface area contributed by atoms with E-state index in [0.717, 1.165) is 19.6 Å². The van der Waals surface area contributed by atoms with Gasteiger partial charge in [-0.05, 0) is 5.56 Å². The number of amidine groups is 1. The van der Waals surface area contributed by atoms with Crippen molar-refractivity contribution in [2.24, 2.45) is 10.3 Å². The number of piperazine rings is 1. The van der Waals surface area contributed by atoms with Crippen molar-refractivity contribution in [3.05, 3.63) is 71.8 Å². The Morgan fingerprint density at radius 2 is 1.40 bits per heavy atom. The summed E-state index contributed by atoms with van der Waals surface area (Å²) in [5.41, 5.74) is 2.28. The second-order valence-electron chi connectivity index (χ2n) is 5.99. The first-order valence-corrected chi connectivity index (χ1v) is 8.33. The highest BCUT2D eigenvalue weighted by Crippen LogP contribution is 2.12. The SMILES string of the molecule is O/N=C(/C(=N\O)N1CCN(Cc2ccccc2)CC1)c1ccccc1. The predicted molar refractivity (Wildman–Crippen MR) is 97.3 cm³/mol. The number of hydrogen-bond donors (Lipinski definition) is 2. The summed E-state index contributed by atoms with van der Waals surface area (Å²) >= 11 is 0. The molecule has 130 valence electrons. The highest BCUT2D eigenvalue weighted by Gasteiger charge is 2.25. The third-order valence-corrected chi connectivity index (χ3v) is 4.37. The molecule has 25 heavy (non-hydrogen) atoms. The Labute approximate surface area is 147 Å². The van der Waals surface area contributed by atoms with Crippen LogP contribution in [0.4, 0.5) is 0 Å². The van der Waals surface area contributed by atoms with E-state index >= 15 is 0 Å². The minimum atomic E-state index is 0.277. The lowest BCUT2D eigenvalue weighted by Gasteiger charge is -2.36. The third kappa shape index (κ3) is 4.16. The Balaban J connectivity index is 1.64. The Bertz CT molecular complexity index is 724. The van der Waals surface area contributed by atoms with Crippen LogP contribution >= 0.6 is 0 Å². The molecular formula is C19H22N4O2. The van der Waals surface area contributed by atoms with Crippen LogP contribution in [0.1, 0.15) is 11.1 Å². The van der Waals surface area contributed by atoms with Gasteiger partial charge >= 0.3 is 0 Å². The van der Waals surface area contributed by atoms with Crippen LogP contribution in [-0.4, -0.2) is 57.9 Å². The average molecular weight is 338 g/mol. The first-order chi connectivity index (χ1) is 12.3. The molecule has 0 unspecified atom stereocenters. The Hall–Kier alpha value is -2.86. The van der Waals surface area contributed by atoms with Crippen molar-refractivity contribution < 1.29 is 10.4 Å². The van der Waals surface area contributed by atoms with Gasteiger partial charge in [0.1, 0.15) is 0 Å². The topological polar surface area (TPSA) is 71.7 Å². The second kappa shape index (κ2) is 8.30. The molecule has 0 spiro atoms. The smallest absolute Gasteiger partial charge is 0.198 e. The lowest BCUT2D eigenvalue weighted by Crippen LogP contribution is -2.50. The van der Waals surface area contributed by atoms with Crippen LogP contribution in [0.15, 0.2) is 71.0 Å². The van der Waals surface area contributed by atoms with E-state index in [0.29, 0.717) is 24.5 Å². The number of benzene rings is 2. The van der Waals surface area contributed by atoms with Crippen molar-refractivity contribution in [2.75, 3.05) is 26.2 Å². The molecule has 1 aliphatic heterocycles. The number of oxime groups is 2. The second-order valence-corrected chi connectivity index (χ2v) is 5.99. The van der Waals surface area contributed by atoms with Crippen molar-refractivity contribution in [3.8, 4) is 0 Å². The third-order valence-electron chi connectivity index (χ3n) is 4.37. The average Bonchev–Trinajstić information content (AvgIpc) is 2.68. The lowest BCUT2D eigenvalue weighted by molar-refractivity contribution is 0.172. The molecule has 0 amide bonds. The predicted octanol–water partition coefficient (Wildman–Crippen LogP) is 2.47. The number of hydrogen-bond acceptors (Lipinski definition) is 5. The summed E-state index contributed by atoms with van der Waals surface area (Å²) in [5.74, 6) is 0.299. The largest absolute Gasteiger partial charge is 0.410 e. The highest BCUT2D eigenvalue weighted by molar-refractivity contribution is 6.47.